The molecule has 0 bridgehead atoms. The van der Waals surface area contributed by atoms with E-state index in [0.717, 1.165) is 17.7 Å². The highest BCUT2D eigenvalue weighted by atomic mass is 19.2. The molecule has 0 spiro atoms. The van der Waals surface area contributed by atoms with Crippen LogP contribution in [0.15, 0.2) is 36.4 Å². The number of nitriles is 1. The van der Waals surface area contributed by atoms with Gasteiger partial charge in [-0.3, -0.25) is 9.69 Å². The first-order chi connectivity index (χ1) is 13.5. The van der Waals surface area contributed by atoms with Crippen molar-refractivity contribution in [2.75, 3.05) is 33.3 Å². The number of carbonyl (C=O) groups is 1. The van der Waals surface area contributed by atoms with Crippen molar-refractivity contribution in [2.45, 2.75) is 6.04 Å². The highest BCUT2D eigenvalue weighted by Gasteiger charge is 2.29. The van der Waals surface area contributed by atoms with Gasteiger partial charge in [-0.05, 0) is 29.8 Å². The molecule has 1 fully saturated rings. The zero-order chi connectivity index (χ0) is 20.3. The minimum absolute atomic E-state index is 0.242. The highest BCUT2D eigenvalue weighted by molar-refractivity contribution is 5.94. The predicted octanol–water partition coefficient (Wildman–Crippen LogP) is 3.14. The molecule has 0 N–H and O–H groups in total. The number of rotatable bonds is 4. The Morgan fingerprint density at radius 1 is 1.04 bits per heavy atom. The molecule has 1 saturated heterocycles. The number of hydrogen-bond donors (Lipinski definition) is 0. The number of ether oxygens (including phenoxy) is 1. The second-order valence-corrected chi connectivity index (χ2v) is 6.36. The van der Waals surface area contributed by atoms with Gasteiger partial charge >= 0.3 is 0 Å². The summed E-state index contributed by atoms with van der Waals surface area (Å²) >= 11 is 0. The Morgan fingerprint density at radius 2 is 1.68 bits per heavy atom. The lowest BCUT2D eigenvalue weighted by Crippen LogP contribution is -2.49. The molecule has 1 aliphatic heterocycles. The fourth-order valence-electron chi connectivity index (χ4n) is 3.20. The third kappa shape index (κ3) is 3.80. The summed E-state index contributed by atoms with van der Waals surface area (Å²) in [5.41, 5.74) is 0.300. The van der Waals surface area contributed by atoms with Gasteiger partial charge in [0.15, 0.2) is 17.5 Å². The van der Waals surface area contributed by atoms with Crippen LogP contribution in [0, 0.1) is 28.8 Å². The molecule has 8 heteroatoms. The molecule has 2 aromatic carbocycles. The lowest BCUT2D eigenvalue weighted by molar-refractivity contribution is 0.0600. The van der Waals surface area contributed by atoms with E-state index in [9.17, 15) is 23.2 Å². The maximum atomic E-state index is 13.9. The summed E-state index contributed by atoms with van der Waals surface area (Å²) in [7, 11) is 1.56. The van der Waals surface area contributed by atoms with E-state index < -0.39 is 35.0 Å². The number of halogens is 3. The molecule has 0 radical (unpaired) electrons. The van der Waals surface area contributed by atoms with Gasteiger partial charge in [0.05, 0.1) is 18.7 Å². The second-order valence-electron chi connectivity index (χ2n) is 6.36. The normalized spacial score (nSPS) is 15.8. The Labute approximate surface area is 160 Å². The maximum Gasteiger partial charge on any atom is 0.257 e. The monoisotopic (exact) mass is 389 g/mol. The van der Waals surface area contributed by atoms with Crippen LogP contribution in [0.4, 0.5) is 13.2 Å². The number of piperazine rings is 1. The van der Waals surface area contributed by atoms with Crippen molar-refractivity contribution in [3.8, 4) is 11.8 Å². The second kappa shape index (κ2) is 8.31. The Bertz CT molecular complexity index is 904. The number of nitrogens with zero attached hydrogens (tertiary/aromatic N) is 3. The van der Waals surface area contributed by atoms with Gasteiger partial charge in [0.2, 0.25) is 0 Å². The minimum atomic E-state index is -1.66. The fourth-order valence-corrected chi connectivity index (χ4v) is 3.20. The van der Waals surface area contributed by atoms with Crippen LogP contribution in [0.2, 0.25) is 0 Å². The first-order valence-corrected chi connectivity index (χ1v) is 8.66. The van der Waals surface area contributed by atoms with Gasteiger partial charge in [-0.15, -0.1) is 0 Å². The number of hydrogen-bond acceptors (Lipinski definition) is 4. The quantitative estimate of drug-likeness (QED) is 0.754. The van der Waals surface area contributed by atoms with E-state index in [4.69, 9.17) is 4.74 Å². The van der Waals surface area contributed by atoms with Crippen molar-refractivity contribution in [2.24, 2.45) is 0 Å². The molecule has 1 amide bonds. The van der Waals surface area contributed by atoms with E-state index in [-0.39, 0.29) is 13.1 Å². The molecule has 2 aromatic rings. The summed E-state index contributed by atoms with van der Waals surface area (Å²) < 4.78 is 45.5. The molecule has 0 aliphatic carbocycles. The molecular formula is C20H18F3N3O2. The molecule has 146 valence electrons. The molecule has 5 nitrogen and oxygen atoms in total. The lowest BCUT2D eigenvalue weighted by Gasteiger charge is -2.37. The van der Waals surface area contributed by atoms with Gasteiger partial charge in [0.25, 0.3) is 5.91 Å². The predicted molar refractivity (Wildman–Crippen MR) is 95.1 cm³/mol. The number of amides is 1. The number of methoxy groups -OCH3 is 1. The van der Waals surface area contributed by atoms with E-state index >= 15 is 0 Å². The Hall–Kier alpha value is -3.05. The molecule has 0 saturated carbocycles. The zero-order valence-electron chi connectivity index (χ0n) is 15.2. The van der Waals surface area contributed by atoms with E-state index in [0.29, 0.717) is 18.8 Å². The fraction of sp³-hybridized carbons (Fsp3) is 0.300. The van der Waals surface area contributed by atoms with Gasteiger partial charge < -0.3 is 9.64 Å². The van der Waals surface area contributed by atoms with Gasteiger partial charge in [0.1, 0.15) is 11.8 Å². The Morgan fingerprint density at radius 3 is 2.25 bits per heavy atom. The molecule has 1 unspecified atom stereocenters. The summed E-state index contributed by atoms with van der Waals surface area (Å²) in [4.78, 5) is 15.7. The molecule has 3 rings (SSSR count). The van der Waals surface area contributed by atoms with E-state index in [1.54, 1.807) is 31.4 Å². The Kier molecular flexibility index (Phi) is 5.85. The molecule has 28 heavy (non-hydrogen) atoms. The standard InChI is InChI=1S/C20H18F3N3O2/c1-28-14-4-2-13(3-5-14)17(12-24)25-8-10-26(11-9-25)20(27)15-6-7-16(21)19(23)18(15)22/h2-7,17H,8-11H2,1H3. The summed E-state index contributed by atoms with van der Waals surface area (Å²) in [5, 5.41) is 9.57. The summed E-state index contributed by atoms with van der Waals surface area (Å²) in [5.74, 6) is -4.50. The van der Waals surface area contributed by atoms with E-state index in [1.807, 2.05) is 4.90 Å². The van der Waals surface area contributed by atoms with Crippen LogP contribution in [0.5, 0.6) is 5.75 Å². The van der Waals surface area contributed by atoms with Gasteiger partial charge in [-0.25, -0.2) is 13.2 Å². The molecule has 0 aromatic heterocycles. The average molecular weight is 389 g/mol. The largest absolute Gasteiger partial charge is 0.497 e. The van der Waals surface area contributed by atoms with Gasteiger partial charge in [-0.2, -0.15) is 5.26 Å². The van der Waals surface area contributed by atoms with Crippen molar-refractivity contribution in [1.29, 1.82) is 5.26 Å². The number of benzene rings is 2. The van der Waals surface area contributed by atoms with Crippen LogP contribution in [-0.2, 0) is 0 Å². The van der Waals surface area contributed by atoms with E-state index in [2.05, 4.69) is 6.07 Å². The third-order valence-electron chi connectivity index (χ3n) is 4.79. The van der Waals surface area contributed by atoms with Crippen LogP contribution < -0.4 is 4.74 Å². The molecular weight excluding hydrogens is 371 g/mol. The topological polar surface area (TPSA) is 56.6 Å². The van der Waals surface area contributed by atoms with Gasteiger partial charge in [0, 0.05) is 26.2 Å². The van der Waals surface area contributed by atoms with Crippen molar-refractivity contribution < 1.29 is 22.7 Å². The first kappa shape index (κ1) is 19.7. The molecule has 1 heterocycles. The smallest absolute Gasteiger partial charge is 0.257 e. The summed E-state index contributed by atoms with van der Waals surface area (Å²) in [6, 6.07) is 10.6. The van der Waals surface area contributed by atoms with Crippen LogP contribution >= 0.6 is 0 Å². The van der Waals surface area contributed by atoms with Gasteiger partial charge in [-0.1, -0.05) is 12.1 Å². The summed E-state index contributed by atoms with van der Waals surface area (Å²) in [6.07, 6.45) is 0. The van der Waals surface area contributed by atoms with Crippen molar-refractivity contribution in [1.82, 2.24) is 9.80 Å². The molecule has 1 aliphatic rings. The SMILES string of the molecule is COc1ccc(C(C#N)N2CCN(C(=O)c3ccc(F)c(F)c3F)CC2)cc1. The Balaban J connectivity index is 1.68. The highest BCUT2D eigenvalue weighted by Crippen LogP contribution is 2.25. The van der Waals surface area contributed by atoms with Crippen LogP contribution in [0.3, 0.4) is 0 Å². The molecule has 1 atom stereocenters. The van der Waals surface area contributed by atoms with Crippen molar-refractivity contribution >= 4 is 5.91 Å². The van der Waals surface area contributed by atoms with Crippen LogP contribution in [0.25, 0.3) is 0 Å². The van der Waals surface area contributed by atoms with E-state index in [1.165, 1.54) is 4.90 Å². The summed E-state index contributed by atoms with van der Waals surface area (Å²) in [6.45, 7) is 1.26. The first-order valence-electron chi connectivity index (χ1n) is 8.66. The maximum absolute atomic E-state index is 13.9. The third-order valence-corrected chi connectivity index (χ3v) is 4.79. The average Bonchev–Trinajstić information content (AvgIpc) is 2.73. The minimum Gasteiger partial charge on any atom is -0.497 e. The zero-order valence-corrected chi connectivity index (χ0v) is 15.2. The van der Waals surface area contributed by atoms with Crippen LogP contribution in [0.1, 0.15) is 22.0 Å². The number of carbonyl (C=O) groups excluding carboxylic acids is 1. The lowest BCUT2D eigenvalue weighted by atomic mass is 10.0. The van der Waals surface area contributed by atoms with Crippen molar-refractivity contribution in [3.05, 3.63) is 65.0 Å². The van der Waals surface area contributed by atoms with Crippen LogP contribution in [-0.4, -0.2) is 49.0 Å². The van der Waals surface area contributed by atoms with Crippen molar-refractivity contribution in [3.63, 3.8) is 0 Å².